The summed E-state index contributed by atoms with van der Waals surface area (Å²) < 4.78 is 0. The summed E-state index contributed by atoms with van der Waals surface area (Å²) in [5.41, 5.74) is 9.30. The number of carbonyl (C=O) groups is 1. The van der Waals surface area contributed by atoms with Gasteiger partial charge in [-0.25, -0.2) is 0 Å². The molecule has 2 heteroatoms. The van der Waals surface area contributed by atoms with Crippen LogP contribution in [0.15, 0.2) is 78.9 Å². The van der Waals surface area contributed by atoms with E-state index in [1.165, 1.54) is 22.3 Å². The zero-order valence-electron chi connectivity index (χ0n) is 28.4. The molecular formula is C41H50O2. The van der Waals surface area contributed by atoms with E-state index in [2.05, 4.69) is 138 Å². The van der Waals surface area contributed by atoms with Gasteiger partial charge < -0.3 is 5.11 Å². The predicted octanol–water partition coefficient (Wildman–Crippen LogP) is 11.1. The molecule has 0 heterocycles. The Kier molecular flexibility index (Phi) is 8.35. The first-order valence-electron chi connectivity index (χ1n) is 15.5. The fourth-order valence-electron chi connectivity index (χ4n) is 6.28. The summed E-state index contributed by atoms with van der Waals surface area (Å²) in [5, 5.41) is 10.9. The van der Waals surface area contributed by atoms with Crippen LogP contribution in [0.5, 0.6) is 5.75 Å². The average Bonchev–Trinajstić information content (AvgIpc) is 2.90. The molecule has 0 atom stereocenters. The predicted molar refractivity (Wildman–Crippen MR) is 184 cm³/mol. The fourth-order valence-corrected chi connectivity index (χ4v) is 6.28. The van der Waals surface area contributed by atoms with Gasteiger partial charge in [-0.15, -0.1) is 0 Å². The summed E-state index contributed by atoms with van der Waals surface area (Å²) in [4.78, 5) is 14.7. The molecule has 43 heavy (non-hydrogen) atoms. The van der Waals surface area contributed by atoms with Gasteiger partial charge in [0.2, 0.25) is 0 Å². The maximum atomic E-state index is 14.7. The van der Waals surface area contributed by atoms with E-state index in [9.17, 15) is 9.90 Å². The first-order chi connectivity index (χ1) is 19.7. The Morgan fingerprint density at radius 2 is 0.907 bits per heavy atom. The third-order valence-electron chi connectivity index (χ3n) is 8.29. The van der Waals surface area contributed by atoms with Crippen molar-refractivity contribution in [1.29, 1.82) is 0 Å². The van der Waals surface area contributed by atoms with Crippen molar-refractivity contribution in [3.63, 3.8) is 0 Å². The van der Waals surface area contributed by atoms with Crippen LogP contribution in [0.25, 0.3) is 22.3 Å². The largest absolute Gasteiger partial charge is 0.507 e. The monoisotopic (exact) mass is 574 g/mol. The van der Waals surface area contributed by atoms with Gasteiger partial charge in [-0.3, -0.25) is 4.79 Å². The van der Waals surface area contributed by atoms with Gasteiger partial charge in [0, 0.05) is 5.56 Å². The highest BCUT2D eigenvalue weighted by atomic mass is 16.3. The Hall–Kier alpha value is -3.65. The van der Waals surface area contributed by atoms with Gasteiger partial charge in [-0.05, 0) is 84.4 Å². The minimum Gasteiger partial charge on any atom is -0.507 e. The molecule has 0 aliphatic heterocycles. The second-order valence-electron chi connectivity index (χ2n) is 16.0. The molecule has 4 aromatic carbocycles. The first kappa shape index (κ1) is 32.3. The standard InChI is InChI=1S/C41H50O2/c1-38(2,3)30-22-16-13-19-26(30)34-29(37(43)28-21-15-18-24-33(28)42)25-32(40(7,8)9)35(36(34)41(10,11)12)27-20-14-17-23-31(27)39(4,5)6/h13-25,42H,1-12H3. The molecule has 0 aliphatic rings. The van der Waals surface area contributed by atoms with Crippen LogP contribution in [0.4, 0.5) is 0 Å². The van der Waals surface area contributed by atoms with Gasteiger partial charge in [-0.2, -0.15) is 0 Å². The highest BCUT2D eigenvalue weighted by molar-refractivity contribution is 6.16. The van der Waals surface area contributed by atoms with Crippen LogP contribution in [-0.2, 0) is 21.7 Å². The highest BCUT2D eigenvalue weighted by Gasteiger charge is 2.36. The zero-order valence-corrected chi connectivity index (χ0v) is 28.4. The molecule has 226 valence electrons. The van der Waals surface area contributed by atoms with E-state index in [4.69, 9.17) is 0 Å². The lowest BCUT2D eigenvalue weighted by Crippen LogP contribution is -2.25. The van der Waals surface area contributed by atoms with E-state index < -0.39 is 0 Å². The number of ketones is 1. The van der Waals surface area contributed by atoms with Gasteiger partial charge in [0.25, 0.3) is 0 Å². The van der Waals surface area contributed by atoms with E-state index in [0.717, 1.165) is 22.3 Å². The summed E-state index contributed by atoms with van der Waals surface area (Å²) >= 11 is 0. The van der Waals surface area contributed by atoms with Crippen molar-refractivity contribution in [2.24, 2.45) is 0 Å². The number of hydrogen-bond acceptors (Lipinski definition) is 2. The Labute approximate surface area is 260 Å². The normalized spacial score (nSPS) is 12.8. The second-order valence-corrected chi connectivity index (χ2v) is 16.0. The van der Waals surface area contributed by atoms with E-state index in [0.29, 0.717) is 11.1 Å². The van der Waals surface area contributed by atoms with Crippen LogP contribution in [-0.4, -0.2) is 10.9 Å². The van der Waals surface area contributed by atoms with Gasteiger partial charge in [0.1, 0.15) is 5.75 Å². The molecule has 0 saturated heterocycles. The first-order valence-corrected chi connectivity index (χ1v) is 15.5. The van der Waals surface area contributed by atoms with Crippen LogP contribution >= 0.6 is 0 Å². The Morgan fingerprint density at radius 3 is 1.35 bits per heavy atom. The van der Waals surface area contributed by atoms with E-state index in [1.807, 2.05) is 6.07 Å². The Bertz CT molecular complexity index is 1660. The van der Waals surface area contributed by atoms with Crippen molar-refractivity contribution >= 4 is 5.78 Å². The molecule has 0 unspecified atom stereocenters. The number of carbonyl (C=O) groups excluding carboxylic acids is 1. The Morgan fingerprint density at radius 1 is 0.488 bits per heavy atom. The molecule has 0 spiro atoms. The fraction of sp³-hybridized carbons (Fsp3) is 0.390. The molecule has 0 amide bonds. The van der Waals surface area contributed by atoms with Crippen LogP contribution in [0.3, 0.4) is 0 Å². The van der Waals surface area contributed by atoms with Crippen LogP contribution in [0.2, 0.25) is 0 Å². The van der Waals surface area contributed by atoms with Crippen molar-refractivity contribution in [1.82, 2.24) is 0 Å². The molecule has 4 aromatic rings. The van der Waals surface area contributed by atoms with Gasteiger partial charge in [0.15, 0.2) is 5.78 Å². The number of phenols is 1. The smallest absolute Gasteiger partial charge is 0.197 e. The molecule has 0 radical (unpaired) electrons. The quantitative estimate of drug-likeness (QED) is 0.246. The van der Waals surface area contributed by atoms with Gasteiger partial charge in [0.05, 0.1) is 5.56 Å². The lowest BCUT2D eigenvalue weighted by atomic mass is 9.67. The van der Waals surface area contributed by atoms with Crippen molar-refractivity contribution in [3.05, 3.63) is 112 Å². The van der Waals surface area contributed by atoms with Crippen LogP contribution < -0.4 is 0 Å². The lowest BCUT2D eigenvalue weighted by Gasteiger charge is -2.37. The highest BCUT2D eigenvalue weighted by Crippen LogP contribution is 2.51. The average molecular weight is 575 g/mol. The number of phenolic OH excluding ortho intramolecular Hbond substituents is 1. The molecular weight excluding hydrogens is 524 g/mol. The molecule has 1 N–H and O–H groups in total. The zero-order chi connectivity index (χ0) is 32.1. The van der Waals surface area contributed by atoms with Crippen LogP contribution in [0.1, 0.15) is 121 Å². The number of para-hydroxylation sites is 1. The molecule has 0 aromatic heterocycles. The van der Waals surface area contributed by atoms with Crippen molar-refractivity contribution in [2.75, 3.05) is 0 Å². The summed E-state index contributed by atoms with van der Waals surface area (Å²) in [6.07, 6.45) is 0. The summed E-state index contributed by atoms with van der Waals surface area (Å²) in [5.74, 6) is -0.164. The number of aromatic hydroxyl groups is 1. The summed E-state index contributed by atoms with van der Waals surface area (Å²) in [7, 11) is 0. The van der Waals surface area contributed by atoms with E-state index in [1.54, 1.807) is 18.2 Å². The topological polar surface area (TPSA) is 37.3 Å². The third kappa shape index (κ3) is 6.35. The molecule has 0 bridgehead atoms. The molecule has 4 rings (SSSR count). The van der Waals surface area contributed by atoms with Crippen molar-refractivity contribution in [2.45, 2.75) is 105 Å². The van der Waals surface area contributed by atoms with Gasteiger partial charge in [-0.1, -0.05) is 144 Å². The summed E-state index contributed by atoms with van der Waals surface area (Å²) in [6.45, 7) is 27.0. The SMILES string of the molecule is CC(C)(C)c1ccccc1-c1c(C(=O)c2ccccc2O)cc(C(C)(C)C)c(-c2ccccc2C(C)(C)C)c1C(C)(C)C. The summed E-state index contributed by atoms with van der Waals surface area (Å²) in [6, 6.07) is 26.3. The minimum absolute atomic E-state index is 0.000622. The molecule has 0 aliphatic carbocycles. The maximum absolute atomic E-state index is 14.7. The minimum atomic E-state index is -0.324. The van der Waals surface area contributed by atoms with E-state index >= 15 is 0 Å². The van der Waals surface area contributed by atoms with Crippen molar-refractivity contribution in [3.8, 4) is 28.0 Å². The molecule has 0 fully saturated rings. The van der Waals surface area contributed by atoms with Gasteiger partial charge >= 0.3 is 0 Å². The third-order valence-corrected chi connectivity index (χ3v) is 8.29. The number of hydrogen-bond donors (Lipinski definition) is 1. The van der Waals surface area contributed by atoms with Crippen LogP contribution in [0, 0.1) is 0 Å². The molecule has 2 nitrogen and oxygen atoms in total. The lowest BCUT2D eigenvalue weighted by molar-refractivity contribution is 0.103. The van der Waals surface area contributed by atoms with Crippen molar-refractivity contribution < 1.29 is 9.90 Å². The maximum Gasteiger partial charge on any atom is 0.197 e. The molecule has 0 saturated carbocycles. The number of rotatable bonds is 4. The van der Waals surface area contributed by atoms with E-state index in [-0.39, 0.29) is 33.2 Å². The second kappa shape index (κ2) is 11.1. The number of benzene rings is 4. The Balaban J connectivity index is 2.37.